The summed E-state index contributed by atoms with van der Waals surface area (Å²) in [6.45, 7) is 0. The maximum absolute atomic E-state index is 12.5. The summed E-state index contributed by atoms with van der Waals surface area (Å²) in [7, 11) is 3.02. The first kappa shape index (κ1) is 13.2. The molecule has 0 saturated carbocycles. The summed E-state index contributed by atoms with van der Waals surface area (Å²) in [4.78, 5) is 12.5. The van der Waals surface area contributed by atoms with Crippen molar-refractivity contribution < 1.29 is 19.0 Å². The lowest BCUT2D eigenvalue weighted by Gasteiger charge is -2.06. The minimum absolute atomic E-state index is 0.0655. The number of nitrogens with zero attached hydrogens (tertiary/aromatic N) is 1. The number of rotatable bonds is 3. The molecule has 0 atom stereocenters. The van der Waals surface area contributed by atoms with E-state index < -0.39 is 0 Å². The van der Waals surface area contributed by atoms with E-state index in [9.17, 15) is 10.0 Å². The quantitative estimate of drug-likeness (QED) is 0.641. The van der Waals surface area contributed by atoms with Crippen LogP contribution >= 0.6 is 0 Å². The zero-order valence-electron chi connectivity index (χ0n) is 11.6. The Hall–Kier alpha value is -2.82. The average Bonchev–Trinajstić information content (AvgIpc) is 2.78. The number of fused-ring (bicyclic) bond motifs is 1. The number of carbonyl (C=O) groups is 1. The molecule has 0 fully saturated rings. The summed E-state index contributed by atoms with van der Waals surface area (Å²) in [5.74, 6) is 0.706. The van der Waals surface area contributed by atoms with Crippen LogP contribution in [0.2, 0.25) is 0 Å². The Balaban J connectivity index is 2.20. The number of ether oxygens (including phenoxy) is 2. The minimum atomic E-state index is -0.313. The molecule has 0 spiro atoms. The molecular weight excluding hydrogens is 270 g/mol. The fraction of sp³-hybridized carbons (Fsp3) is 0.125. The highest BCUT2D eigenvalue weighted by Gasteiger charge is 2.38. The molecule has 0 radical (unpaired) electrons. The lowest BCUT2D eigenvalue weighted by Crippen LogP contribution is -2.17. The Morgan fingerprint density at radius 1 is 1.00 bits per heavy atom. The predicted octanol–water partition coefficient (Wildman–Crippen LogP) is 2.53. The van der Waals surface area contributed by atoms with Crippen LogP contribution in [0.3, 0.4) is 0 Å². The van der Waals surface area contributed by atoms with Crippen LogP contribution in [0.4, 0.5) is 5.69 Å². The maximum Gasteiger partial charge on any atom is 0.276 e. The molecule has 3 rings (SSSR count). The maximum atomic E-state index is 12.5. The van der Waals surface area contributed by atoms with Gasteiger partial charge in [-0.15, -0.1) is 0 Å². The van der Waals surface area contributed by atoms with Gasteiger partial charge in [0.25, 0.3) is 11.5 Å². The zero-order valence-corrected chi connectivity index (χ0v) is 11.6. The van der Waals surface area contributed by atoms with E-state index in [0.717, 1.165) is 0 Å². The third-order valence-electron chi connectivity index (χ3n) is 3.45. The summed E-state index contributed by atoms with van der Waals surface area (Å²) in [5.41, 5.74) is 1.21. The Labute approximate surface area is 121 Å². The van der Waals surface area contributed by atoms with Crippen LogP contribution in [-0.4, -0.2) is 30.5 Å². The number of benzene rings is 2. The van der Waals surface area contributed by atoms with Crippen molar-refractivity contribution in [1.82, 2.24) is 0 Å². The van der Waals surface area contributed by atoms with E-state index in [-0.39, 0.29) is 11.5 Å². The van der Waals surface area contributed by atoms with Gasteiger partial charge < -0.3 is 14.7 Å². The Morgan fingerprint density at radius 3 is 2.48 bits per heavy atom. The van der Waals surface area contributed by atoms with E-state index in [0.29, 0.717) is 33.1 Å². The predicted molar refractivity (Wildman–Crippen MR) is 77.7 cm³/mol. The van der Waals surface area contributed by atoms with Crippen LogP contribution < -0.4 is 9.47 Å². The minimum Gasteiger partial charge on any atom is -0.618 e. The van der Waals surface area contributed by atoms with E-state index in [4.69, 9.17) is 9.47 Å². The molecule has 0 bridgehead atoms. The van der Waals surface area contributed by atoms with E-state index >= 15 is 0 Å². The first-order valence-corrected chi connectivity index (χ1v) is 6.37. The van der Waals surface area contributed by atoms with Gasteiger partial charge >= 0.3 is 0 Å². The lowest BCUT2D eigenvalue weighted by molar-refractivity contribution is -0.355. The molecule has 0 saturated heterocycles. The molecular formula is C16H13NO4. The topological polar surface area (TPSA) is 61.6 Å². The fourth-order valence-electron chi connectivity index (χ4n) is 2.41. The molecule has 0 unspecified atom stereocenters. The monoisotopic (exact) mass is 283 g/mol. The van der Waals surface area contributed by atoms with Gasteiger partial charge in [-0.2, -0.15) is 4.74 Å². The van der Waals surface area contributed by atoms with E-state index in [1.54, 1.807) is 42.5 Å². The van der Waals surface area contributed by atoms with Crippen molar-refractivity contribution in [2.75, 3.05) is 14.2 Å². The van der Waals surface area contributed by atoms with Gasteiger partial charge in [-0.1, -0.05) is 12.1 Å². The van der Waals surface area contributed by atoms with Crippen molar-refractivity contribution in [2.24, 2.45) is 0 Å². The van der Waals surface area contributed by atoms with Crippen LogP contribution in [-0.2, 0) is 0 Å². The standard InChI is InChI=1S/C16H13NO4/c1-20-10-7-8-11-13(9-10)17(19)15(16(11)18)12-5-3-4-6-14(12)21-2/h3-9H,1-2H3. The Bertz CT molecular complexity index is 765. The van der Waals surface area contributed by atoms with Crippen molar-refractivity contribution in [3.05, 3.63) is 58.8 Å². The second-order valence-corrected chi connectivity index (χ2v) is 4.56. The number of hydrogen-bond acceptors (Lipinski definition) is 4. The number of para-hydroxylation sites is 1. The third-order valence-corrected chi connectivity index (χ3v) is 3.45. The number of Topliss-reactive ketones (excluding diaryl/α,β-unsaturated/α-hetero) is 1. The summed E-state index contributed by atoms with van der Waals surface area (Å²) >= 11 is 0. The highest BCUT2D eigenvalue weighted by Crippen LogP contribution is 2.33. The van der Waals surface area contributed by atoms with Gasteiger partial charge in [0.1, 0.15) is 17.1 Å². The molecule has 2 aromatic rings. The van der Waals surface area contributed by atoms with Crippen molar-refractivity contribution in [2.45, 2.75) is 0 Å². The number of carbonyl (C=O) groups excluding carboxylic acids is 1. The molecule has 5 heteroatoms. The second-order valence-electron chi connectivity index (χ2n) is 4.56. The van der Waals surface area contributed by atoms with Gasteiger partial charge in [0, 0.05) is 0 Å². The first-order valence-electron chi connectivity index (χ1n) is 6.37. The average molecular weight is 283 g/mol. The van der Waals surface area contributed by atoms with Crippen molar-refractivity contribution in [3.63, 3.8) is 0 Å². The first-order chi connectivity index (χ1) is 10.2. The molecule has 1 heterocycles. The van der Waals surface area contributed by atoms with Crippen LogP contribution in [0.5, 0.6) is 11.5 Å². The highest BCUT2D eigenvalue weighted by molar-refractivity contribution is 6.52. The van der Waals surface area contributed by atoms with Crippen molar-refractivity contribution in [3.8, 4) is 11.5 Å². The molecule has 1 aliphatic rings. The van der Waals surface area contributed by atoms with E-state index in [1.165, 1.54) is 14.2 Å². The Morgan fingerprint density at radius 2 is 1.76 bits per heavy atom. The SMILES string of the molecule is COc1ccc2c(c1)[N+]([O-])=C(c1ccccc1OC)C2=O. The van der Waals surface area contributed by atoms with E-state index in [1.807, 2.05) is 0 Å². The largest absolute Gasteiger partial charge is 0.618 e. The van der Waals surface area contributed by atoms with Crippen LogP contribution in [0.25, 0.3) is 0 Å². The lowest BCUT2D eigenvalue weighted by atomic mass is 10.0. The van der Waals surface area contributed by atoms with Crippen molar-refractivity contribution >= 4 is 17.2 Å². The van der Waals surface area contributed by atoms with Crippen LogP contribution in [0, 0.1) is 5.21 Å². The summed E-state index contributed by atoms with van der Waals surface area (Å²) < 4.78 is 11.0. The smallest absolute Gasteiger partial charge is 0.276 e. The molecule has 5 nitrogen and oxygen atoms in total. The molecule has 2 aromatic carbocycles. The molecule has 0 aromatic heterocycles. The number of ketones is 1. The summed E-state index contributed by atoms with van der Waals surface area (Å²) in [6, 6.07) is 11.8. The molecule has 0 aliphatic carbocycles. The van der Waals surface area contributed by atoms with E-state index in [2.05, 4.69) is 0 Å². The second kappa shape index (κ2) is 4.94. The number of hydrogen-bond donors (Lipinski definition) is 0. The third kappa shape index (κ3) is 1.94. The Kier molecular flexibility index (Phi) is 3.10. The normalized spacial score (nSPS) is 13.3. The zero-order chi connectivity index (χ0) is 15.0. The van der Waals surface area contributed by atoms with Crippen LogP contribution in [0.15, 0.2) is 42.5 Å². The van der Waals surface area contributed by atoms with Gasteiger partial charge in [0.05, 0.1) is 25.8 Å². The highest BCUT2D eigenvalue weighted by atomic mass is 16.5. The molecule has 0 N–H and O–H groups in total. The summed E-state index contributed by atoms with van der Waals surface area (Å²) in [5, 5.41) is 12.5. The van der Waals surface area contributed by atoms with Gasteiger partial charge in [-0.05, 0) is 24.3 Å². The van der Waals surface area contributed by atoms with Gasteiger partial charge in [-0.3, -0.25) is 4.79 Å². The summed E-state index contributed by atoms with van der Waals surface area (Å²) in [6.07, 6.45) is 0. The molecule has 1 aliphatic heterocycles. The van der Waals surface area contributed by atoms with Gasteiger partial charge in [-0.25, -0.2) is 0 Å². The fourth-order valence-corrected chi connectivity index (χ4v) is 2.41. The molecule has 21 heavy (non-hydrogen) atoms. The van der Waals surface area contributed by atoms with Gasteiger partial charge in [0.2, 0.25) is 5.69 Å². The van der Waals surface area contributed by atoms with Crippen LogP contribution in [0.1, 0.15) is 15.9 Å². The van der Waals surface area contributed by atoms with Gasteiger partial charge in [0.15, 0.2) is 0 Å². The number of methoxy groups -OCH3 is 2. The van der Waals surface area contributed by atoms with Crippen molar-refractivity contribution in [1.29, 1.82) is 0 Å². The molecule has 0 amide bonds. The molecule has 106 valence electrons.